The molecule has 4 nitrogen and oxygen atoms in total. The topological polar surface area (TPSA) is 41.6 Å². The fourth-order valence-electron chi connectivity index (χ4n) is 3.73. The van der Waals surface area contributed by atoms with Crippen LogP contribution in [0, 0.1) is 5.41 Å². The van der Waals surface area contributed by atoms with Crippen molar-refractivity contribution in [1.29, 1.82) is 0 Å². The lowest BCUT2D eigenvalue weighted by atomic mass is 9.74. The van der Waals surface area contributed by atoms with Gasteiger partial charge < -0.3 is 15.0 Å². The van der Waals surface area contributed by atoms with E-state index in [0.717, 1.165) is 49.7 Å². The average molecular weight is 395 g/mol. The van der Waals surface area contributed by atoms with Crippen LogP contribution >= 0.6 is 15.9 Å². The molecule has 3 rings (SSSR count). The van der Waals surface area contributed by atoms with Crippen molar-refractivity contribution >= 4 is 21.8 Å². The van der Waals surface area contributed by atoms with Crippen molar-refractivity contribution in [3.8, 4) is 0 Å². The Balaban J connectivity index is 1.70. The highest BCUT2D eigenvalue weighted by molar-refractivity contribution is 9.10. The third-order valence-corrected chi connectivity index (χ3v) is 5.97. The van der Waals surface area contributed by atoms with Crippen molar-refractivity contribution < 1.29 is 9.53 Å². The maximum Gasteiger partial charge on any atom is 0.226 e. The molecule has 0 aromatic heterocycles. The van der Waals surface area contributed by atoms with Crippen molar-refractivity contribution in [1.82, 2.24) is 10.2 Å². The van der Waals surface area contributed by atoms with Gasteiger partial charge in [-0.2, -0.15) is 0 Å². The third-order valence-electron chi connectivity index (χ3n) is 5.44. The van der Waals surface area contributed by atoms with Crippen LogP contribution in [-0.4, -0.2) is 50.2 Å². The van der Waals surface area contributed by atoms with Crippen LogP contribution in [0.5, 0.6) is 0 Å². The molecule has 1 aromatic carbocycles. The predicted molar refractivity (Wildman–Crippen MR) is 99.0 cm³/mol. The van der Waals surface area contributed by atoms with Crippen LogP contribution in [0.4, 0.5) is 0 Å². The van der Waals surface area contributed by atoms with Gasteiger partial charge in [-0.05, 0) is 69.9 Å². The largest absolute Gasteiger partial charge is 0.381 e. The van der Waals surface area contributed by atoms with Crippen molar-refractivity contribution in [3.05, 3.63) is 34.3 Å². The first-order valence-corrected chi connectivity index (χ1v) is 9.68. The molecule has 2 fully saturated rings. The van der Waals surface area contributed by atoms with E-state index in [0.29, 0.717) is 19.3 Å². The molecule has 132 valence electrons. The molecule has 2 aliphatic heterocycles. The van der Waals surface area contributed by atoms with Crippen molar-refractivity contribution in [2.45, 2.75) is 38.1 Å². The zero-order chi connectivity index (χ0) is 17.0. The van der Waals surface area contributed by atoms with Gasteiger partial charge in [0.2, 0.25) is 5.91 Å². The number of halogens is 1. The Morgan fingerprint density at radius 3 is 2.50 bits per heavy atom. The van der Waals surface area contributed by atoms with Crippen LogP contribution < -0.4 is 5.32 Å². The summed E-state index contributed by atoms with van der Waals surface area (Å²) < 4.78 is 6.61. The Labute approximate surface area is 153 Å². The van der Waals surface area contributed by atoms with E-state index in [-0.39, 0.29) is 11.3 Å². The normalized spacial score (nSPS) is 22.2. The number of hydrogen-bond donors (Lipinski definition) is 1. The number of rotatable bonds is 4. The molecule has 1 aromatic rings. The Hall–Kier alpha value is -0.910. The van der Waals surface area contributed by atoms with E-state index in [1.807, 2.05) is 0 Å². The minimum atomic E-state index is -0.324. The molecule has 1 N–H and O–H groups in total. The van der Waals surface area contributed by atoms with Crippen LogP contribution in [0.25, 0.3) is 0 Å². The number of likely N-dealkylation sites (tertiary alicyclic amines) is 1. The second-order valence-electron chi connectivity index (χ2n) is 7.25. The minimum absolute atomic E-state index is 0.225. The number of ether oxygens (including phenoxy) is 1. The van der Waals surface area contributed by atoms with E-state index in [1.54, 1.807) is 0 Å². The molecule has 0 spiro atoms. The number of hydrogen-bond acceptors (Lipinski definition) is 3. The Kier molecular flexibility index (Phi) is 5.95. The summed E-state index contributed by atoms with van der Waals surface area (Å²) in [6, 6.07) is 8.65. The lowest BCUT2D eigenvalue weighted by molar-refractivity contribution is -0.137. The molecule has 0 aliphatic carbocycles. The Bertz CT molecular complexity index is 547. The van der Waals surface area contributed by atoms with Gasteiger partial charge in [-0.25, -0.2) is 0 Å². The van der Waals surface area contributed by atoms with E-state index in [9.17, 15) is 4.79 Å². The first-order valence-electron chi connectivity index (χ1n) is 8.89. The van der Waals surface area contributed by atoms with Crippen molar-refractivity contribution in [2.24, 2.45) is 5.41 Å². The molecule has 0 radical (unpaired) electrons. The molecule has 0 bridgehead atoms. The maximum atomic E-state index is 13.2. The third kappa shape index (κ3) is 4.38. The molecule has 2 aliphatic rings. The highest BCUT2D eigenvalue weighted by Crippen LogP contribution is 2.35. The van der Waals surface area contributed by atoms with E-state index in [2.05, 4.69) is 57.5 Å². The fraction of sp³-hybridized carbons (Fsp3) is 0.632. The molecule has 2 heterocycles. The zero-order valence-electron chi connectivity index (χ0n) is 14.4. The summed E-state index contributed by atoms with van der Waals surface area (Å²) in [6.07, 6.45) is 4.51. The van der Waals surface area contributed by atoms with Gasteiger partial charge in [-0.15, -0.1) is 0 Å². The molecule has 24 heavy (non-hydrogen) atoms. The molecular formula is C19H27BrN2O2. The number of piperidine rings is 1. The highest BCUT2D eigenvalue weighted by Gasteiger charge is 2.41. The number of nitrogens with zero attached hydrogens (tertiary/aromatic N) is 1. The van der Waals surface area contributed by atoms with Gasteiger partial charge in [-0.1, -0.05) is 28.1 Å². The SMILES string of the molecule is CN1CCC(NC(=O)C2(Cc3ccc(Br)cc3)CCOCC2)CC1. The van der Waals surface area contributed by atoms with Gasteiger partial charge >= 0.3 is 0 Å². The van der Waals surface area contributed by atoms with Gasteiger partial charge in [0, 0.05) is 23.7 Å². The smallest absolute Gasteiger partial charge is 0.226 e. The number of carbonyl (C=O) groups is 1. The predicted octanol–water partition coefficient (Wildman–Crippen LogP) is 3.00. The van der Waals surface area contributed by atoms with Crippen molar-refractivity contribution in [2.75, 3.05) is 33.4 Å². The number of carbonyl (C=O) groups excluding carboxylic acids is 1. The highest BCUT2D eigenvalue weighted by atomic mass is 79.9. The van der Waals surface area contributed by atoms with E-state index < -0.39 is 0 Å². The summed E-state index contributed by atoms with van der Waals surface area (Å²) in [6.45, 7) is 3.48. The summed E-state index contributed by atoms with van der Waals surface area (Å²) in [5.41, 5.74) is 0.897. The van der Waals surface area contributed by atoms with Gasteiger partial charge in [0.05, 0.1) is 5.41 Å². The molecular weight excluding hydrogens is 368 g/mol. The van der Waals surface area contributed by atoms with Crippen LogP contribution in [0.15, 0.2) is 28.7 Å². The molecule has 0 unspecified atom stereocenters. The fourth-order valence-corrected chi connectivity index (χ4v) is 3.99. The van der Waals surface area contributed by atoms with Gasteiger partial charge in [0.25, 0.3) is 0 Å². The molecule has 0 saturated carbocycles. The van der Waals surface area contributed by atoms with Gasteiger partial charge in [-0.3, -0.25) is 4.79 Å². The number of nitrogens with one attached hydrogen (secondary N) is 1. The number of amides is 1. The second-order valence-corrected chi connectivity index (χ2v) is 8.16. The van der Waals surface area contributed by atoms with E-state index >= 15 is 0 Å². The minimum Gasteiger partial charge on any atom is -0.381 e. The lowest BCUT2D eigenvalue weighted by Gasteiger charge is -2.38. The maximum absolute atomic E-state index is 13.2. The summed E-state index contributed by atoms with van der Waals surface area (Å²) in [5, 5.41) is 3.35. The van der Waals surface area contributed by atoms with Crippen LogP contribution in [0.3, 0.4) is 0 Å². The first kappa shape index (κ1) is 17.9. The number of benzene rings is 1. The molecule has 5 heteroatoms. The monoisotopic (exact) mass is 394 g/mol. The van der Waals surface area contributed by atoms with Crippen LogP contribution in [-0.2, 0) is 16.0 Å². The second kappa shape index (κ2) is 7.98. The summed E-state index contributed by atoms with van der Waals surface area (Å²) in [5.74, 6) is 0.225. The average Bonchev–Trinajstić information content (AvgIpc) is 2.60. The van der Waals surface area contributed by atoms with Gasteiger partial charge in [0.15, 0.2) is 0 Å². The quantitative estimate of drug-likeness (QED) is 0.853. The Morgan fingerprint density at radius 2 is 1.88 bits per heavy atom. The summed E-state index contributed by atoms with van der Waals surface area (Å²) >= 11 is 3.48. The molecule has 0 atom stereocenters. The molecule has 2 saturated heterocycles. The van der Waals surface area contributed by atoms with E-state index in [4.69, 9.17) is 4.74 Å². The standard InChI is InChI=1S/C19H27BrN2O2/c1-22-10-6-17(7-11-22)21-18(23)19(8-12-24-13-9-19)14-15-2-4-16(20)5-3-15/h2-5,17H,6-14H2,1H3,(H,21,23). The van der Waals surface area contributed by atoms with E-state index in [1.165, 1.54) is 5.56 Å². The summed E-state index contributed by atoms with van der Waals surface area (Å²) in [7, 11) is 2.14. The molecule has 1 amide bonds. The van der Waals surface area contributed by atoms with Crippen molar-refractivity contribution in [3.63, 3.8) is 0 Å². The van der Waals surface area contributed by atoms with Crippen LogP contribution in [0.1, 0.15) is 31.2 Å². The Morgan fingerprint density at radius 1 is 1.25 bits per heavy atom. The summed E-state index contributed by atoms with van der Waals surface area (Å²) in [4.78, 5) is 15.5. The van der Waals surface area contributed by atoms with Crippen LogP contribution in [0.2, 0.25) is 0 Å². The lowest BCUT2D eigenvalue weighted by Crippen LogP contribution is -2.51. The van der Waals surface area contributed by atoms with Gasteiger partial charge in [0.1, 0.15) is 0 Å². The zero-order valence-corrected chi connectivity index (χ0v) is 16.0. The first-order chi connectivity index (χ1) is 11.6.